The molecule has 2 aliphatic heterocycles. The minimum Gasteiger partial charge on any atom is -0.508 e. The van der Waals surface area contributed by atoms with Crippen molar-refractivity contribution in [3.63, 3.8) is 0 Å². The smallest absolute Gasteiger partial charge is 0.342 e. The van der Waals surface area contributed by atoms with Crippen LogP contribution < -0.4 is 5.56 Å². The number of phenolic OH excluding ortho intramolecular Hbond substituents is 1. The largest absolute Gasteiger partial charge is 0.508 e. The quantitative estimate of drug-likeness (QED) is 0.311. The minimum absolute atomic E-state index is 0.0694. The maximum Gasteiger partial charge on any atom is 0.342 e. The van der Waals surface area contributed by atoms with Crippen LogP contribution in [0.3, 0.4) is 0 Å². The Morgan fingerprint density at radius 2 is 1.97 bits per heavy atom. The summed E-state index contributed by atoms with van der Waals surface area (Å²) in [6.07, 6.45) is 5.05. The van der Waals surface area contributed by atoms with Gasteiger partial charge < -0.3 is 19.5 Å². The summed E-state index contributed by atoms with van der Waals surface area (Å²) in [6, 6.07) is 6.41. The molecule has 0 spiro atoms. The van der Waals surface area contributed by atoms with Gasteiger partial charge in [-0.25, -0.2) is 9.78 Å². The summed E-state index contributed by atoms with van der Waals surface area (Å²) in [5.74, 6) is -0.736. The molecule has 0 fully saturated rings. The molecule has 0 unspecified atom stereocenters. The number of nitrogens with zero attached hydrogens (tertiary/aromatic N) is 2. The van der Waals surface area contributed by atoms with E-state index < -0.39 is 21.5 Å². The summed E-state index contributed by atoms with van der Waals surface area (Å²) in [6.45, 7) is 1.32. The van der Waals surface area contributed by atoms with Crippen molar-refractivity contribution in [3.05, 3.63) is 62.3 Å². The van der Waals surface area contributed by atoms with E-state index in [0.29, 0.717) is 27.9 Å². The number of cyclic esters (lactones) is 1. The lowest BCUT2D eigenvalue weighted by molar-refractivity contribution is -0.169. The van der Waals surface area contributed by atoms with Crippen molar-refractivity contribution in [2.45, 2.75) is 25.7 Å². The van der Waals surface area contributed by atoms with Gasteiger partial charge in [0, 0.05) is 16.5 Å². The molecular formula is C23H22N2O6S. The highest BCUT2D eigenvalue weighted by Gasteiger charge is 2.43. The zero-order chi connectivity index (χ0) is 23.0. The number of pyridine rings is 2. The second-order valence-electron chi connectivity index (χ2n) is 8.77. The first-order valence-electron chi connectivity index (χ1n) is 10.0. The van der Waals surface area contributed by atoms with Crippen LogP contribution in [0.5, 0.6) is 5.75 Å². The van der Waals surface area contributed by atoms with Crippen molar-refractivity contribution >= 4 is 32.9 Å². The molecule has 0 saturated carbocycles. The maximum absolute atomic E-state index is 13.3. The standard InChI is InChI=1S/C23H22N2O6S/c1-23(29)17-9-19-20-15(10-25(19)21(27)16(17)11-31-22(23)28)13(6-7-32(2,3)30)14-8-12(26)4-5-18(14)24-20/h4-9,26,29,32H,10-11H2,1-3H3/b7-6+/t23-/m0/s1. The third-order valence-electron chi connectivity index (χ3n) is 5.94. The summed E-state index contributed by atoms with van der Waals surface area (Å²) in [5, 5.41) is 23.1. The Balaban J connectivity index is 1.83. The van der Waals surface area contributed by atoms with Crippen LogP contribution in [0.1, 0.15) is 29.2 Å². The Bertz CT molecular complexity index is 1480. The van der Waals surface area contributed by atoms with Crippen LogP contribution in [0, 0.1) is 0 Å². The molecular weight excluding hydrogens is 432 g/mol. The normalized spacial score (nSPS) is 20.2. The first-order chi connectivity index (χ1) is 15.0. The van der Waals surface area contributed by atoms with Gasteiger partial charge in [0.15, 0.2) is 5.60 Å². The molecule has 2 aromatic heterocycles. The second-order valence-corrected chi connectivity index (χ2v) is 11.9. The first kappa shape index (κ1) is 20.6. The molecule has 0 amide bonds. The van der Waals surface area contributed by atoms with Gasteiger partial charge >= 0.3 is 5.97 Å². The van der Waals surface area contributed by atoms with Gasteiger partial charge in [-0.3, -0.25) is 9.00 Å². The van der Waals surface area contributed by atoms with E-state index >= 15 is 0 Å². The van der Waals surface area contributed by atoms with Crippen LogP contribution in [0.2, 0.25) is 0 Å². The first-order valence-corrected chi connectivity index (χ1v) is 12.7. The van der Waals surface area contributed by atoms with Gasteiger partial charge in [0.2, 0.25) is 0 Å². The number of carbonyl (C=O) groups excluding carboxylic acids is 1. The number of benzene rings is 1. The van der Waals surface area contributed by atoms with Gasteiger partial charge in [0.25, 0.3) is 5.56 Å². The zero-order valence-corrected chi connectivity index (χ0v) is 18.6. The lowest BCUT2D eigenvalue weighted by atomic mass is 9.89. The van der Waals surface area contributed by atoms with Gasteiger partial charge in [-0.05, 0) is 60.7 Å². The average molecular weight is 455 g/mol. The molecule has 5 rings (SSSR count). The number of fused-ring (bicyclic) bond motifs is 5. The molecule has 2 aliphatic rings. The maximum atomic E-state index is 13.3. The van der Waals surface area contributed by atoms with Crippen molar-refractivity contribution in [3.8, 4) is 17.1 Å². The topological polar surface area (TPSA) is 119 Å². The summed E-state index contributed by atoms with van der Waals surface area (Å²) in [4.78, 5) is 30.1. The van der Waals surface area contributed by atoms with Crippen LogP contribution in [-0.2, 0) is 38.2 Å². The number of phenols is 1. The van der Waals surface area contributed by atoms with Gasteiger partial charge in [-0.15, -0.1) is 0 Å². The predicted octanol–water partition coefficient (Wildman–Crippen LogP) is 1.64. The molecule has 4 heterocycles. The molecule has 0 bridgehead atoms. The number of hydrogen-bond acceptors (Lipinski definition) is 7. The van der Waals surface area contributed by atoms with E-state index in [1.165, 1.54) is 13.0 Å². The highest BCUT2D eigenvalue weighted by atomic mass is 32.2. The number of aromatic nitrogens is 2. The highest BCUT2D eigenvalue weighted by molar-refractivity contribution is 8.04. The molecule has 166 valence electrons. The molecule has 8 nitrogen and oxygen atoms in total. The van der Waals surface area contributed by atoms with E-state index in [-0.39, 0.29) is 35.6 Å². The Morgan fingerprint density at radius 3 is 2.69 bits per heavy atom. The molecule has 0 radical (unpaired) electrons. The van der Waals surface area contributed by atoms with Crippen molar-refractivity contribution in [2.75, 3.05) is 12.5 Å². The molecule has 0 saturated heterocycles. The van der Waals surface area contributed by atoms with E-state index in [2.05, 4.69) is 0 Å². The van der Waals surface area contributed by atoms with E-state index in [0.717, 1.165) is 5.56 Å². The molecule has 3 aromatic rings. The van der Waals surface area contributed by atoms with Crippen LogP contribution in [-0.4, -0.2) is 42.5 Å². The molecule has 9 heteroatoms. The molecule has 1 atom stereocenters. The zero-order valence-electron chi connectivity index (χ0n) is 17.7. The van der Waals surface area contributed by atoms with Crippen LogP contribution >= 0.6 is 0 Å². The van der Waals surface area contributed by atoms with E-state index in [4.69, 9.17) is 9.72 Å². The number of aromatic hydroxyl groups is 1. The third-order valence-corrected chi connectivity index (χ3v) is 6.81. The molecule has 32 heavy (non-hydrogen) atoms. The Labute approximate surface area is 184 Å². The number of thiol groups is 1. The number of ether oxygens (including phenoxy) is 1. The Hall–Kier alpha value is -3.30. The number of carbonyl (C=O) groups is 1. The fourth-order valence-electron chi connectivity index (χ4n) is 4.29. The fourth-order valence-corrected chi connectivity index (χ4v) is 4.80. The minimum atomic E-state index is -2.49. The number of aliphatic hydroxyl groups is 1. The summed E-state index contributed by atoms with van der Waals surface area (Å²) in [5.41, 5.74) is 1.22. The monoisotopic (exact) mass is 454 g/mol. The average Bonchev–Trinajstić information content (AvgIpc) is 3.07. The summed E-state index contributed by atoms with van der Waals surface area (Å²) < 4.78 is 18.9. The van der Waals surface area contributed by atoms with Crippen LogP contribution in [0.4, 0.5) is 0 Å². The fraction of sp³-hybridized carbons (Fsp3) is 0.261. The molecule has 2 N–H and O–H groups in total. The van der Waals surface area contributed by atoms with Gasteiger partial charge in [-0.1, -0.05) is 9.93 Å². The third kappa shape index (κ3) is 3.00. The Kier molecular flexibility index (Phi) is 4.25. The van der Waals surface area contributed by atoms with Crippen LogP contribution in [0.25, 0.3) is 28.4 Å². The number of esters is 1. The van der Waals surface area contributed by atoms with Gasteiger partial charge in [-0.2, -0.15) is 0 Å². The second kappa shape index (κ2) is 6.60. The van der Waals surface area contributed by atoms with E-state index in [9.17, 15) is 24.0 Å². The highest BCUT2D eigenvalue weighted by Crippen LogP contribution is 2.40. The van der Waals surface area contributed by atoms with Crippen LogP contribution in [0.15, 0.2) is 34.5 Å². The van der Waals surface area contributed by atoms with Crippen molar-refractivity contribution in [2.24, 2.45) is 0 Å². The number of rotatable bonds is 2. The van der Waals surface area contributed by atoms with E-state index in [1.54, 1.807) is 46.8 Å². The van der Waals surface area contributed by atoms with Crippen molar-refractivity contribution in [1.82, 2.24) is 9.55 Å². The SMILES string of the molecule is C[C@@]1(O)C(=O)OCc2c1cc1n(c2=O)Cc2c-1nc1ccc(O)cc1c2/C=C/[SH](C)(C)=O. The lowest BCUT2D eigenvalue weighted by Crippen LogP contribution is -2.42. The Morgan fingerprint density at radius 1 is 1.22 bits per heavy atom. The molecule has 0 aliphatic carbocycles. The summed E-state index contributed by atoms with van der Waals surface area (Å²) in [7, 11) is -2.49. The number of hydrogen-bond donors (Lipinski definition) is 3. The predicted molar refractivity (Wildman–Crippen MR) is 122 cm³/mol. The lowest BCUT2D eigenvalue weighted by Gasteiger charge is -2.29. The van der Waals surface area contributed by atoms with Crippen molar-refractivity contribution in [1.29, 1.82) is 0 Å². The van der Waals surface area contributed by atoms with E-state index in [1.807, 2.05) is 0 Å². The van der Waals surface area contributed by atoms with Crippen molar-refractivity contribution < 1.29 is 24.0 Å². The van der Waals surface area contributed by atoms with Gasteiger partial charge in [0.1, 0.15) is 12.4 Å². The molecule has 1 aromatic carbocycles. The van der Waals surface area contributed by atoms with Gasteiger partial charge in [0.05, 0.1) is 29.0 Å². The summed E-state index contributed by atoms with van der Waals surface area (Å²) >= 11 is 0.